The molecular formula is C22H27NO5S. The predicted octanol–water partition coefficient (Wildman–Crippen LogP) is 3.70. The van der Waals surface area contributed by atoms with E-state index in [-0.39, 0.29) is 17.8 Å². The van der Waals surface area contributed by atoms with Crippen LogP contribution in [0.4, 0.5) is 0 Å². The highest BCUT2D eigenvalue weighted by Crippen LogP contribution is 2.46. The van der Waals surface area contributed by atoms with E-state index in [1.807, 2.05) is 45.2 Å². The summed E-state index contributed by atoms with van der Waals surface area (Å²) in [6, 6.07) is 3.80. The van der Waals surface area contributed by atoms with E-state index >= 15 is 0 Å². The van der Waals surface area contributed by atoms with Crippen LogP contribution in [0.2, 0.25) is 0 Å². The molecule has 4 atom stereocenters. The van der Waals surface area contributed by atoms with E-state index in [1.54, 1.807) is 0 Å². The summed E-state index contributed by atoms with van der Waals surface area (Å²) in [5.74, 6) is -2.85. The maximum Gasteiger partial charge on any atom is 0.337 e. The van der Waals surface area contributed by atoms with Gasteiger partial charge in [-0.1, -0.05) is 19.9 Å². The molecule has 0 aromatic carbocycles. The number of nitrogens with one attached hydrogen (secondary N) is 1. The lowest BCUT2D eigenvalue weighted by molar-refractivity contribution is -0.151. The van der Waals surface area contributed by atoms with Crippen molar-refractivity contribution in [3.05, 3.63) is 44.9 Å². The van der Waals surface area contributed by atoms with Gasteiger partial charge in [0, 0.05) is 21.8 Å². The van der Waals surface area contributed by atoms with Crippen molar-refractivity contribution in [1.82, 2.24) is 5.32 Å². The Morgan fingerprint density at radius 2 is 2.10 bits per heavy atom. The van der Waals surface area contributed by atoms with Gasteiger partial charge in [-0.3, -0.25) is 9.59 Å². The van der Waals surface area contributed by atoms with E-state index in [4.69, 9.17) is 9.47 Å². The summed E-state index contributed by atoms with van der Waals surface area (Å²) in [4.78, 5) is 39.7. The molecule has 1 N–H and O–H groups in total. The van der Waals surface area contributed by atoms with E-state index in [0.29, 0.717) is 29.7 Å². The van der Waals surface area contributed by atoms with Gasteiger partial charge in [-0.15, -0.1) is 11.3 Å². The topological polar surface area (TPSA) is 81.7 Å². The summed E-state index contributed by atoms with van der Waals surface area (Å²) < 4.78 is 10.5. The van der Waals surface area contributed by atoms with E-state index in [1.165, 1.54) is 18.4 Å². The molecule has 6 nitrogen and oxygen atoms in total. The summed E-state index contributed by atoms with van der Waals surface area (Å²) >= 11 is 1.48. The fraction of sp³-hybridized carbons (Fsp3) is 0.500. The molecule has 0 amide bonds. The van der Waals surface area contributed by atoms with Crippen molar-refractivity contribution in [3.8, 4) is 0 Å². The quantitative estimate of drug-likeness (QED) is 0.581. The zero-order valence-electron chi connectivity index (χ0n) is 17.4. The van der Waals surface area contributed by atoms with E-state index in [2.05, 4.69) is 5.32 Å². The number of hydrogen-bond donors (Lipinski definition) is 1. The number of hydrogen-bond acceptors (Lipinski definition) is 7. The molecule has 156 valence electrons. The number of ketones is 1. The summed E-state index contributed by atoms with van der Waals surface area (Å²) in [6.07, 6.45) is 1.00. The van der Waals surface area contributed by atoms with Crippen molar-refractivity contribution >= 4 is 29.1 Å². The first-order chi connectivity index (χ1) is 13.8. The Morgan fingerprint density at radius 3 is 2.69 bits per heavy atom. The molecule has 0 saturated carbocycles. The van der Waals surface area contributed by atoms with Crippen LogP contribution in [0.25, 0.3) is 0 Å². The molecular weight excluding hydrogens is 390 g/mol. The average molecular weight is 418 g/mol. The standard InChI is InChI=1S/C22H27NO5S/c1-6-12(3)28-22(26)17-13(4)23-14-10-11(2)16(21(25)27-5)20(24)18(14)19(17)15-8-7-9-29-15/h7-9,11-12,16,19,23H,6,10H2,1-5H3/t11-,12-,16+,19+/m0/s1. The summed E-state index contributed by atoms with van der Waals surface area (Å²) in [5.41, 5.74) is 2.37. The minimum absolute atomic E-state index is 0.188. The van der Waals surface area contributed by atoms with Gasteiger partial charge in [0.1, 0.15) is 5.92 Å². The largest absolute Gasteiger partial charge is 0.468 e. The van der Waals surface area contributed by atoms with Crippen LogP contribution in [0.15, 0.2) is 40.1 Å². The van der Waals surface area contributed by atoms with Crippen molar-refractivity contribution in [2.75, 3.05) is 7.11 Å². The van der Waals surface area contributed by atoms with E-state index in [9.17, 15) is 14.4 Å². The lowest BCUT2D eigenvalue weighted by atomic mass is 9.70. The Balaban J connectivity index is 2.10. The van der Waals surface area contributed by atoms with Crippen LogP contribution in [-0.4, -0.2) is 30.9 Å². The Bertz CT molecular complexity index is 883. The molecule has 0 spiro atoms. The third kappa shape index (κ3) is 3.88. The summed E-state index contributed by atoms with van der Waals surface area (Å²) in [5, 5.41) is 5.18. The number of esters is 2. The highest BCUT2D eigenvalue weighted by Gasteiger charge is 2.47. The number of allylic oxidation sites excluding steroid dienone is 3. The van der Waals surface area contributed by atoms with Gasteiger partial charge in [-0.25, -0.2) is 4.79 Å². The third-order valence-electron chi connectivity index (χ3n) is 5.67. The highest BCUT2D eigenvalue weighted by atomic mass is 32.1. The maximum atomic E-state index is 13.5. The molecule has 1 aromatic heterocycles. The minimum atomic E-state index is -0.867. The maximum absolute atomic E-state index is 13.5. The van der Waals surface area contributed by atoms with Gasteiger partial charge in [-0.2, -0.15) is 0 Å². The van der Waals surface area contributed by atoms with Crippen LogP contribution in [0, 0.1) is 11.8 Å². The fourth-order valence-electron chi connectivity index (χ4n) is 4.02. The Hall–Kier alpha value is -2.41. The first kappa shape index (κ1) is 21.3. The van der Waals surface area contributed by atoms with Crippen molar-refractivity contribution in [2.24, 2.45) is 11.8 Å². The molecule has 0 bridgehead atoms. The molecule has 0 saturated heterocycles. The van der Waals surface area contributed by atoms with Crippen LogP contribution < -0.4 is 5.32 Å². The molecule has 1 aliphatic heterocycles. The van der Waals surface area contributed by atoms with Crippen molar-refractivity contribution < 1.29 is 23.9 Å². The van der Waals surface area contributed by atoms with Crippen molar-refractivity contribution in [2.45, 2.75) is 52.6 Å². The fourth-order valence-corrected chi connectivity index (χ4v) is 4.86. The molecule has 0 fully saturated rings. The minimum Gasteiger partial charge on any atom is -0.468 e. The monoisotopic (exact) mass is 417 g/mol. The molecule has 7 heteroatoms. The van der Waals surface area contributed by atoms with Gasteiger partial charge >= 0.3 is 11.9 Å². The molecule has 1 aromatic rings. The number of carbonyl (C=O) groups is 3. The van der Waals surface area contributed by atoms with Crippen LogP contribution in [-0.2, 0) is 23.9 Å². The number of carbonyl (C=O) groups excluding carboxylic acids is 3. The second-order valence-corrected chi connectivity index (χ2v) is 8.65. The SMILES string of the molecule is CC[C@H](C)OC(=O)C1=C(C)NC2=C(C(=O)[C@H](C(=O)OC)[C@@H](C)C2)[C@@H]1c1cccs1. The molecule has 2 aliphatic rings. The number of ether oxygens (including phenoxy) is 2. The van der Waals surface area contributed by atoms with Crippen LogP contribution in [0.1, 0.15) is 51.3 Å². The molecule has 2 heterocycles. The van der Waals surface area contributed by atoms with Gasteiger partial charge in [0.2, 0.25) is 0 Å². The average Bonchev–Trinajstić information content (AvgIpc) is 3.20. The van der Waals surface area contributed by atoms with Gasteiger partial charge in [-0.05, 0) is 44.1 Å². The Kier molecular flexibility index (Phi) is 6.27. The second-order valence-electron chi connectivity index (χ2n) is 7.67. The van der Waals surface area contributed by atoms with Gasteiger partial charge in [0.25, 0.3) is 0 Å². The van der Waals surface area contributed by atoms with E-state index in [0.717, 1.165) is 10.6 Å². The van der Waals surface area contributed by atoms with E-state index < -0.39 is 23.8 Å². The first-order valence-corrected chi connectivity index (χ1v) is 10.7. The number of methoxy groups -OCH3 is 1. The summed E-state index contributed by atoms with van der Waals surface area (Å²) in [6.45, 7) is 7.49. The molecule has 29 heavy (non-hydrogen) atoms. The molecule has 1 aliphatic carbocycles. The normalized spacial score (nSPS) is 25.3. The van der Waals surface area contributed by atoms with Crippen LogP contribution in [0.3, 0.4) is 0 Å². The van der Waals surface area contributed by atoms with Crippen molar-refractivity contribution in [1.29, 1.82) is 0 Å². The first-order valence-electron chi connectivity index (χ1n) is 9.87. The van der Waals surface area contributed by atoms with Gasteiger partial charge < -0.3 is 14.8 Å². The van der Waals surface area contributed by atoms with Crippen LogP contribution in [0.5, 0.6) is 0 Å². The van der Waals surface area contributed by atoms with Crippen molar-refractivity contribution in [3.63, 3.8) is 0 Å². The lowest BCUT2D eigenvalue weighted by Gasteiger charge is -2.38. The summed E-state index contributed by atoms with van der Waals surface area (Å²) in [7, 11) is 1.29. The molecule has 3 rings (SSSR count). The zero-order valence-corrected chi connectivity index (χ0v) is 18.2. The van der Waals surface area contributed by atoms with Crippen LogP contribution >= 0.6 is 11.3 Å². The predicted molar refractivity (Wildman–Crippen MR) is 110 cm³/mol. The highest BCUT2D eigenvalue weighted by molar-refractivity contribution is 7.10. The Labute approximate surface area is 175 Å². The second kappa shape index (κ2) is 8.53. The Morgan fingerprint density at radius 1 is 1.38 bits per heavy atom. The molecule has 0 unspecified atom stereocenters. The molecule has 0 radical (unpaired) electrons. The smallest absolute Gasteiger partial charge is 0.337 e. The lowest BCUT2D eigenvalue weighted by Crippen LogP contribution is -2.43. The third-order valence-corrected chi connectivity index (χ3v) is 6.61. The van der Waals surface area contributed by atoms with Gasteiger partial charge in [0.05, 0.1) is 24.7 Å². The number of Topliss-reactive ketones (excluding diaryl/α,β-unsaturated/α-hetero) is 1. The number of thiophene rings is 1. The number of rotatable bonds is 5. The zero-order chi connectivity index (χ0) is 21.3. The number of dihydropyridines is 1. The van der Waals surface area contributed by atoms with Gasteiger partial charge in [0.15, 0.2) is 5.78 Å².